The third-order valence-corrected chi connectivity index (χ3v) is 0.906. The summed E-state index contributed by atoms with van der Waals surface area (Å²) in [4.78, 5) is 9.64. The predicted octanol–water partition coefficient (Wildman–Crippen LogP) is 0.0608. The maximum absolute atomic E-state index is 11.9. The smallest absolute Gasteiger partial charge is 0.178 e. The number of rotatable bonds is 4. The molecule has 0 amide bonds. The van der Waals surface area contributed by atoms with Crippen molar-refractivity contribution in [2.24, 2.45) is 0 Å². The van der Waals surface area contributed by atoms with Crippen LogP contribution in [0.25, 0.3) is 0 Å². The Morgan fingerprint density at radius 1 is 1.67 bits per heavy atom. The van der Waals surface area contributed by atoms with Crippen molar-refractivity contribution in [3.63, 3.8) is 0 Å². The number of carbonyl (C=O) groups is 1. The molecule has 0 radical (unpaired) electrons. The van der Waals surface area contributed by atoms with Crippen LogP contribution in [0, 0.1) is 0 Å². The molecule has 0 aliphatic heterocycles. The average Bonchev–Trinajstić information content (AvgIpc) is 1.89. The van der Waals surface area contributed by atoms with Gasteiger partial charge in [0, 0.05) is 0 Å². The second kappa shape index (κ2) is 5.44. The van der Waals surface area contributed by atoms with Gasteiger partial charge in [-0.05, 0) is 18.9 Å². The van der Waals surface area contributed by atoms with E-state index in [4.69, 9.17) is 0 Å². The molecular weight excluding hydrogens is 121 g/mol. The van der Waals surface area contributed by atoms with Crippen LogP contribution in [-0.2, 0) is 4.79 Å². The lowest BCUT2D eigenvalue weighted by Crippen LogP contribution is -2.49. The van der Waals surface area contributed by atoms with Crippen LogP contribution in [0.1, 0.15) is 12.8 Å². The van der Waals surface area contributed by atoms with Gasteiger partial charge < -0.3 is 5.73 Å². The normalized spacial score (nSPS) is 11.6. The Balaban J connectivity index is 3.31. The molecule has 0 bridgehead atoms. The molecule has 0 saturated carbocycles. The van der Waals surface area contributed by atoms with Crippen LogP contribution < -0.4 is 5.73 Å². The summed E-state index contributed by atoms with van der Waals surface area (Å²) in [6.07, 6.45) is 2.93. The van der Waals surface area contributed by atoms with E-state index in [2.05, 4.69) is 5.73 Å². The molecular formula is C6H11FNO+. The summed E-state index contributed by atoms with van der Waals surface area (Å²) in [7, 11) is 0. The van der Waals surface area contributed by atoms with Crippen LogP contribution in [-0.4, -0.2) is 12.8 Å². The molecule has 3 N–H and O–H groups in total. The monoisotopic (exact) mass is 132 g/mol. The highest BCUT2D eigenvalue weighted by atomic mass is 19.1. The topological polar surface area (TPSA) is 44.7 Å². The van der Waals surface area contributed by atoms with Gasteiger partial charge in [-0.15, -0.1) is 0 Å². The number of allylic oxidation sites excluding steroid dienone is 2. The first-order valence-electron chi connectivity index (χ1n) is 2.91. The Hall–Kier alpha value is -0.700. The Morgan fingerprint density at radius 3 is 2.78 bits per heavy atom. The fourth-order valence-electron chi connectivity index (χ4n) is 0.432. The second-order valence-corrected chi connectivity index (χ2v) is 1.70. The molecule has 0 heterocycles. The predicted molar refractivity (Wildman–Crippen MR) is 32.2 cm³/mol. The van der Waals surface area contributed by atoms with E-state index in [0.29, 0.717) is 6.42 Å². The summed E-state index contributed by atoms with van der Waals surface area (Å²) in [6, 6.07) is 0. The lowest BCUT2D eigenvalue weighted by molar-refractivity contribution is -0.368. The van der Waals surface area contributed by atoms with Crippen molar-refractivity contribution >= 4 is 6.29 Å². The summed E-state index contributed by atoms with van der Waals surface area (Å²) in [5, 5.41) is 0. The number of hydrogen-bond acceptors (Lipinski definition) is 1. The lowest BCUT2D eigenvalue weighted by Gasteiger charge is -1.84. The van der Waals surface area contributed by atoms with Crippen LogP contribution in [0.4, 0.5) is 4.39 Å². The largest absolute Gasteiger partial charge is 0.358 e. The van der Waals surface area contributed by atoms with E-state index in [-0.39, 0.29) is 6.29 Å². The van der Waals surface area contributed by atoms with Gasteiger partial charge in [0.25, 0.3) is 0 Å². The van der Waals surface area contributed by atoms with E-state index in [1.165, 1.54) is 6.08 Å². The summed E-state index contributed by atoms with van der Waals surface area (Å²) >= 11 is 0. The van der Waals surface area contributed by atoms with E-state index in [9.17, 15) is 9.18 Å². The van der Waals surface area contributed by atoms with E-state index >= 15 is 0 Å². The average molecular weight is 132 g/mol. The third-order valence-electron chi connectivity index (χ3n) is 0.906. The number of aldehydes is 1. The summed E-state index contributed by atoms with van der Waals surface area (Å²) in [5.74, 6) is -0.677. The summed E-state index contributed by atoms with van der Waals surface area (Å²) in [5.41, 5.74) is 3.57. The Kier molecular flexibility index (Phi) is 5.01. The van der Waals surface area contributed by atoms with Crippen molar-refractivity contribution in [1.82, 2.24) is 0 Å². The maximum atomic E-state index is 11.9. The van der Waals surface area contributed by atoms with Crippen LogP contribution in [0.3, 0.4) is 0 Å². The SMILES string of the molecule is [NH3+]CCC/C=C(/F)C=O. The molecule has 0 saturated heterocycles. The quantitative estimate of drug-likeness (QED) is 0.328. The highest BCUT2D eigenvalue weighted by molar-refractivity contribution is 5.69. The standard InChI is InChI=1S/C6H10FNO/c7-6(5-9)3-1-2-4-8/h3,5H,1-2,4,8H2/p+1/b6-3+. The first kappa shape index (κ1) is 8.30. The second-order valence-electron chi connectivity index (χ2n) is 1.70. The molecule has 52 valence electrons. The molecule has 2 nitrogen and oxygen atoms in total. The van der Waals surface area contributed by atoms with Crippen molar-refractivity contribution < 1.29 is 14.9 Å². The van der Waals surface area contributed by atoms with Crippen molar-refractivity contribution in [2.75, 3.05) is 6.54 Å². The number of hydrogen-bond donors (Lipinski definition) is 1. The molecule has 0 aliphatic carbocycles. The third kappa shape index (κ3) is 5.17. The van der Waals surface area contributed by atoms with Crippen LogP contribution in [0.15, 0.2) is 11.9 Å². The zero-order chi connectivity index (χ0) is 7.11. The zero-order valence-electron chi connectivity index (χ0n) is 5.27. The first-order chi connectivity index (χ1) is 4.31. The molecule has 0 spiro atoms. The van der Waals surface area contributed by atoms with Gasteiger partial charge in [-0.25, -0.2) is 4.39 Å². The molecule has 9 heavy (non-hydrogen) atoms. The van der Waals surface area contributed by atoms with E-state index in [0.717, 1.165) is 13.0 Å². The maximum Gasteiger partial charge on any atom is 0.178 e. The van der Waals surface area contributed by atoms with Crippen LogP contribution in [0.5, 0.6) is 0 Å². The minimum Gasteiger partial charge on any atom is -0.358 e. The molecule has 0 aliphatic rings. The van der Waals surface area contributed by atoms with Crippen molar-refractivity contribution in [3.8, 4) is 0 Å². The van der Waals surface area contributed by atoms with E-state index in [1.54, 1.807) is 0 Å². The highest BCUT2D eigenvalue weighted by Gasteiger charge is 1.87. The van der Waals surface area contributed by atoms with Crippen LogP contribution in [0.2, 0.25) is 0 Å². The van der Waals surface area contributed by atoms with Gasteiger partial charge in [0.05, 0.1) is 6.54 Å². The molecule has 0 aromatic carbocycles. The highest BCUT2D eigenvalue weighted by Crippen LogP contribution is 1.95. The number of quaternary nitrogens is 1. The molecule has 0 atom stereocenters. The van der Waals surface area contributed by atoms with Gasteiger partial charge in [0.2, 0.25) is 0 Å². The van der Waals surface area contributed by atoms with Gasteiger partial charge in [-0.3, -0.25) is 4.79 Å². The molecule has 0 aromatic heterocycles. The van der Waals surface area contributed by atoms with Gasteiger partial charge in [-0.2, -0.15) is 0 Å². The summed E-state index contributed by atoms with van der Waals surface area (Å²) < 4.78 is 11.9. The first-order valence-corrected chi connectivity index (χ1v) is 2.91. The molecule has 0 fully saturated rings. The molecule has 0 aromatic rings. The molecule has 3 heteroatoms. The number of carbonyl (C=O) groups excluding carboxylic acids is 1. The minimum absolute atomic E-state index is 0.211. The Morgan fingerprint density at radius 2 is 2.33 bits per heavy atom. The Bertz CT molecular complexity index is 112. The number of halogens is 1. The minimum atomic E-state index is -0.677. The van der Waals surface area contributed by atoms with Gasteiger partial charge in [0.1, 0.15) is 0 Å². The van der Waals surface area contributed by atoms with Gasteiger partial charge >= 0.3 is 0 Å². The van der Waals surface area contributed by atoms with Gasteiger partial charge in [0.15, 0.2) is 12.1 Å². The van der Waals surface area contributed by atoms with Gasteiger partial charge in [-0.1, -0.05) is 0 Å². The summed E-state index contributed by atoms with van der Waals surface area (Å²) in [6.45, 7) is 0.780. The molecule has 0 unspecified atom stereocenters. The fraction of sp³-hybridized carbons (Fsp3) is 0.500. The van der Waals surface area contributed by atoms with E-state index in [1.807, 2.05) is 0 Å². The number of unbranched alkanes of at least 4 members (excludes halogenated alkanes) is 1. The zero-order valence-corrected chi connectivity index (χ0v) is 5.27. The Labute approximate surface area is 53.5 Å². The lowest BCUT2D eigenvalue weighted by atomic mass is 10.3. The van der Waals surface area contributed by atoms with E-state index < -0.39 is 5.83 Å². The van der Waals surface area contributed by atoms with Crippen LogP contribution >= 0.6 is 0 Å². The fourth-order valence-corrected chi connectivity index (χ4v) is 0.432. The van der Waals surface area contributed by atoms with Crippen molar-refractivity contribution in [1.29, 1.82) is 0 Å². The van der Waals surface area contributed by atoms with Crippen molar-refractivity contribution in [2.45, 2.75) is 12.8 Å². The van der Waals surface area contributed by atoms with Crippen molar-refractivity contribution in [3.05, 3.63) is 11.9 Å². The molecule has 0 rings (SSSR count).